The lowest BCUT2D eigenvalue weighted by Crippen LogP contribution is -2.36. The zero-order valence-corrected chi connectivity index (χ0v) is 12.8. The first kappa shape index (κ1) is 15.4. The third-order valence-corrected chi connectivity index (χ3v) is 3.39. The summed E-state index contributed by atoms with van der Waals surface area (Å²) in [5.41, 5.74) is 1.15. The van der Waals surface area contributed by atoms with Gasteiger partial charge >= 0.3 is 0 Å². The lowest BCUT2D eigenvalue weighted by Gasteiger charge is -2.19. The number of halogens is 2. The van der Waals surface area contributed by atoms with Gasteiger partial charge in [0.1, 0.15) is 5.82 Å². The molecule has 1 aromatic rings. The Morgan fingerprint density at radius 1 is 1.28 bits per heavy atom. The van der Waals surface area contributed by atoms with E-state index in [-0.39, 0.29) is 11.4 Å². The fourth-order valence-electron chi connectivity index (χ4n) is 1.56. The maximum absolute atomic E-state index is 13.3. The van der Waals surface area contributed by atoms with Crippen LogP contribution in [0.25, 0.3) is 0 Å². The van der Waals surface area contributed by atoms with E-state index >= 15 is 0 Å². The van der Waals surface area contributed by atoms with E-state index in [2.05, 4.69) is 54.2 Å². The van der Waals surface area contributed by atoms with Crippen LogP contribution in [0.2, 0.25) is 0 Å². The van der Waals surface area contributed by atoms with Crippen LogP contribution in [0.15, 0.2) is 34.8 Å². The Hall–Kier alpha value is -0.670. The molecule has 0 fully saturated rings. The first-order valence-electron chi connectivity index (χ1n) is 6.23. The van der Waals surface area contributed by atoms with Gasteiger partial charge in [-0.2, -0.15) is 0 Å². The highest BCUT2D eigenvalue weighted by atomic mass is 79.9. The van der Waals surface area contributed by atoms with Crippen LogP contribution in [0.5, 0.6) is 0 Å². The number of hydrogen-bond acceptors (Lipinski definition) is 1. The van der Waals surface area contributed by atoms with E-state index in [0.717, 1.165) is 24.9 Å². The average Bonchev–Trinajstić information content (AvgIpc) is 2.27. The molecule has 3 heteroatoms. The molecule has 1 N–H and O–H groups in total. The van der Waals surface area contributed by atoms with E-state index < -0.39 is 0 Å². The van der Waals surface area contributed by atoms with Crippen molar-refractivity contribution in [1.82, 2.24) is 5.32 Å². The minimum Gasteiger partial charge on any atom is -0.312 e. The maximum Gasteiger partial charge on any atom is 0.137 e. The SMILES string of the molecule is CC(C)(C)NCC/C=C/Cc1cccc(F)c1Br. The molecule has 100 valence electrons. The Morgan fingerprint density at radius 2 is 2.00 bits per heavy atom. The van der Waals surface area contributed by atoms with Crippen molar-refractivity contribution < 1.29 is 4.39 Å². The zero-order chi connectivity index (χ0) is 13.6. The van der Waals surface area contributed by atoms with Gasteiger partial charge < -0.3 is 5.32 Å². The summed E-state index contributed by atoms with van der Waals surface area (Å²) in [5.74, 6) is -0.199. The van der Waals surface area contributed by atoms with Gasteiger partial charge in [-0.3, -0.25) is 0 Å². The summed E-state index contributed by atoms with van der Waals surface area (Å²) in [6, 6.07) is 5.14. The van der Waals surface area contributed by atoms with Gasteiger partial charge in [-0.05, 0) is 67.7 Å². The van der Waals surface area contributed by atoms with Gasteiger partial charge in [-0.1, -0.05) is 24.3 Å². The highest BCUT2D eigenvalue weighted by molar-refractivity contribution is 9.10. The van der Waals surface area contributed by atoms with Gasteiger partial charge in [0.15, 0.2) is 0 Å². The van der Waals surface area contributed by atoms with Gasteiger partial charge in [-0.25, -0.2) is 4.39 Å². The Labute approximate surface area is 118 Å². The minimum absolute atomic E-state index is 0.166. The molecule has 0 saturated carbocycles. The summed E-state index contributed by atoms with van der Waals surface area (Å²) >= 11 is 3.27. The molecule has 0 spiro atoms. The zero-order valence-electron chi connectivity index (χ0n) is 11.3. The second-order valence-electron chi connectivity index (χ2n) is 5.35. The topological polar surface area (TPSA) is 12.0 Å². The third kappa shape index (κ3) is 5.78. The molecule has 0 saturated heterocycles. The lowest BCUT2D eigenvalue weighted by atomic mass is 10.1. The fraction of sp³-hybridized carbons (Fsp3) is 0.467. The molecule has 1 aromatic carbocycles. The molecule has 0 unspecified atom stereocenters. The van der Waals surface area contributed by atoms with Crippen molar-refractivity contribution in [3.05, 3.63) is 46.2 Å². The molecule has 1 nitrogen and oxygen atoms in total. The summed E-state index contributed by atoms with van der Waals surface area (Å²) in [6.45, 7) is 7.42. The second-order valence-corrected chi connectivity index (χ2v) is 6.15. The predicted molar refractivity (Wildman–Crippen MR) is 79.3 cm³/mol. The quantitative estimate of drug-likeness (QED) is 0.625. The third-order valence-electron chi connectivity index (χ3n) is 2.50. The smallest absolute Gasteiger partial charge is 0.137 e. The minimum atomic E-state index is -0.199. The molecule has 18 heavy (non-hydrogen) atoms. The Morgan fingerprint density at radius 3 is 2.67 bits per heavy atom. The van der Waals surface area contributed by atoms with Gasteiger partial charge in [0.05, 0.1) is 4.47 Å². The molecule has 0 aliphatic rings. The van der Waals surface area contributed by atoms with Gasteiger partial charge in [0.25, 0.3) is 0 Å². The summed E-state index contributed by atoms with van der Waals surface area (Å²) in [7, 11) is 0. The van der Waals surface area contributed by atoms with Crippen LogP contribution in [-0.2, 0) is 6.42 Å². The molecule has 0 atom stereocenters. The van der Waals surface area contributed by atoms with E-state index in [9.17, 15) is 4.39 Å². The first-order valence-corrected chi connectivity index (χ1v) is 7.02. The summed E-state index contributed by atoms with van der Waals surface area (Å²) in [4.78, 5) is 0. The molecular formula is C15H21BrFN. The summed E-state index contributed by atoms with van der Waals surface area (Å²) in [5, 5.41) is 3.42. The van der Waals surface area contributed by atoms with Crippen LogP contribution in [0, 0.1) is 5.82 Å². The van der Waals surface area contributed by atoms with Gasteiger partial charge in [-0.15, -0.1) is 0 Å². The molecule has 0 amide bonds. The number of hydrogen-bond donors (Lipinski definition) is 1. The van der Waals surface area contributed by atoms with Gasteiger partial charge in [0.2, 0.25) is 0 Å². The van der Waals surface area contributed by atoms with Crippen molar-refractivity contribution in [3.8, 4) is 0 Å². The van der Waals surface area contributed by atoms with Crippen molar-refractivity contribution in [1.29, 1.82) is 0 Å². The molecule has 0 aromatic heterocycles. The normalized spacial score (nSPS) is 12.3. The summed E-state index contributed by atoms with van der Waals surface area (Å²) in [6.07, 6.45) is 5.97. The van der Waals surface area contributed by atoms with E-state index in [0.29, 0.717) is 4.47 Å². The van der Waals surface area contributed by atoms with Crippen LogP contribution in [0.1, 0.15) is 32.8 Å². The second kappa shape index (κ2) is 7.05. The van der Waals surface area contributed by atoms with Crippen molar-refractivity contribution in [2.75, 3.05) is 6.54 Å². The molecule has 0 aliphatic carbocycles. The van der Waals surface area contributed by atoms with Crippen LogP contribution in [0.3, 0.4) is 0 Å². The van der Waals surface area contributed by atoms with E-state index in [1.165, 1.54) is 6.07 Å². The highest BCUT2D eigenvalue weighted by Gasteiger charge is 2.06. The van der Waals surface area contributed by atoms with E-state index in [1.54, 1.807) is 6.07 Å². The largest absolute Gasteiger partial charge is 0.312 e. The number of allylic oxidation sites excluding steroid dienone is 1. The number of nitrogens with one attached hydrogen (secondary N) is 1. The van der Waals surface area contributed by atoms with Crippen molar-refractivity contribution >= 4 is 15.9 Å². The predicted octanol–water partition coefficient (Wildman–Crippen LogP) is 4.47. The van der Waals surface area contributed by atoms with E-state index in [1.807, 2.05) is 6.07 Å². The lowest BCUT2D eigenvalue weighted by molar-refractivity contribution is 0.431. The molecule has 0 heterocycles. The van der Waals surface area contributed by atoms with Crippen LogP contribution in [-0.4, -0.2) is 12.1 Å². The van der Waals surface area contributed by atoms with Crippen molar-refractivity contribution in [2.24, 2.45) is 0 Å². The van der Waals surface area contributed by atoms with E-state index in [4.69, 9.17) is 0 Å². The maximum atomic E-state index is 13.3. The standard InChI is InChI=1S/C15H21BrFN/c1-15(2,3)18-11-6-4-5-8-12-9-7-10-13(17)14(12)16/h4-5,7,9-10,18H,6,8,11H2,1-3H3/b5-4+. The van der Waals surface area contributed by atoms with Gasteiger partial charge in [0, 0.05) is 5.54 Å². The van der Waals surface area contributed by atoms with Crippen molar-refractivity contribution in [3.63, 3.8) is 0 Å². The molecule has 1 rings (SSSR count). The molecule has 0 aliphatic heterocycles. The Kier molecular flexibility index (Phi) is 6.03. The molecular weight excluding hydrogens is 293 g/mol. The van der Waals surface area contributed by atoms with Crippen molar-refractivity contribution in [2.45, 2.75) is 39.2 Å². The number of rotatable bonds is 5. The first-order chi connectivity index (χ1) is 8.40. The average molecular weight is 314 g/mol. The Bertz CT molecular complexity index is 407. The number of benzene rings is 1. The Balaban J connectivity index is 2.35. The highest BCUT2D eigenvalue weighted by Crippen LogP contribution is 2.20. The van der Waals surface area contributed by atoms with Crippen LogP contribution >= 0.6 is 15.9 Å². The van der Waals surface area contributed by atoms with Crippen LogP contribution < -0.4 is 5.32 Å². The monoisotopic (exact) mass is 313 g/mol. The van der Waals surface area contributed by atoms with Crippen LogP contribution in [0.4, 0.5) is 4.39 Å². The fourth-order valence-corrected chi connectivity index (χ4v) is 1.99. The summed E-state index contributed by atoms with van der Waals surface area (Å²) < 4.78 is 13.8. The molecule has 0 bridgehead atoms. The molecule has 0 radical (unpaired) electrons.